The Bertz CT molecular complexity index is 779. The van der Waals surface area contributed by atoms with Gasteiger partial charge in [0.05, 0.1) is 13.7 Å². The Kier molecular flexibility index (Phi) is 6.18. The van der Waals surface area contributed by atoms with Gasteiger partial charge in [0.1, 0.15) is 18.1 Å². The molecule has 0 saturated heterocycles. The van der Waals surface area contributed by atoms with E-state index >= 15 is 0 Å². The maximum absolute atomic E-state index is 11.7. The first-order chi connectivity index (χ1) is 11.6. The lowest BCUT2D eigenvalue weighted by atomic mass is 10.3. The number of methoxy groups -OCH3 is 1. The lowest BCUT2D eigenvalue weighted by Crippen LogP contribution is -2.32. The summed E-state index contributed by atoms with van der Waals surface area (Å²) in [7, 11) is 1.59. The van der Waals surface area contributed by atoms with Crippen LogP contribution in [-0.2, 0) is 11.3 Å². The summed E-state index contributed by atoms with van der Waals surface area (Å²) in [6.07, 6.45) is 1.50. The van der Waals surface area contributed by atoms with Crippen LogP contribution >= 0.6 is 0 Å². The van der Waals surface area contributed by atoms with E-state index in [0.717, 1.165) is 5.75 Å². The largest absolute Gasteiger partial charge is 0.497 e. The fourth-order valence-electron chi connectivity index (χ4n) is 1.96. The van der Waals surface area contributed by atoms with Crippen LogP contribution in [-0.4, -0.2) is 35.7 Å². The summed E-state index contributed by atoms with van der Waals surface area (Å²) in [6, 6.07) is 8.38. The number of aromatic amines is 1. The smallest absolute Gasteiger partial charge is 0.328 e. The molecule has 0 radical (unpaired) electrons. The molecule has 0 bridgehead atoms. The van der Waals surface area contributed by atoms with Gasteiger partial charge in [-0.25, -0.2) is 4.79 Å². The molecular weight excluding hydrogens is 314 g/mol. The summed E-state index contributed by atoms with van der Waals surface area (Å²) in [4.78, 5) is 36.3. The minimum absolute atomic E-state index is 0.133. The number of nitrogens with zero attached hydrogens (tertiary/aromatic N) is 1. The van der Waals surface area contributed by atoms with Gasteiger partial charge in [0.15, 0.2) is 0 Å². The highest BCUT2D eigenvalue weighted by Crippen LogP contribution is 2.16. The summed E-state index contributed by atoms with van der Waals surface area (Å²) < 4.78 is 11.8. The van der Waals surface area contributed by atoms with Crippen LogP contribution in [0.4, 0.5) is 0 Å². The Labute approximate surface area is 138 Å². The van der Waals surface area contributed by atoms with Gasteiger partial charge in [-0.3, -0.25) is 14.6 Å². The SMILES string of the molecule is COc1ccc(OCCNC(=O)CCn2ccc(=O)[nH]c2=O)cc1. The van der Waals surface area contributed by atoms with Gasteiger partial charge in [-0.1, -0.05) is 0 Å². The van der Waals surface area contributed by atoms with Crippen LogP contribution in [0.15, 0.2) is 46.1 Å². The molecule has 0 spiro atoms. The molecule has 24 heavy (non-hydrogen) atoms. The first kappa shape index (κ1) is 17.3. The molecular formula is C16H19N3O5. The van der Waals surface area contributed by atoms with E-state index in [2.05, 4.69) is 10.3 Å². The molecule has 2 N–H and O–H groups in total. The molecule has 1 aromatic carbocycles. The van der Waals surface area contributed by atoms with Crippen molar-refractivity contribution in [1.29, 1.82) is 0 Å². The van der Waals surface area contributed by atoms with Crippen molar-refractivity contribution in [1.82, 2.24) is 14.9 Å². The van der Waals surface area contributed by atoms with E-state index in [1.165, 1.54) is 16.8 Å². The molecule has 1 heterocycles. The highest BCUT2D eigenvalue weighted by molar-refractivity contribution is 5.75. The Morgan fingerprint density at radius 3 is 2.54 bits per heavy atom. The van der Waals surface area contributed by atoms with Crippen molar-refractivity contribution in [3.8, 4) is 11.5 Å². The molecule has 0 unspecified atom stereocenters. The van der Waals surface area contributed by atoms with E-state index in [1.807, 2.05) is 0 Å². The number of amides is 1. The van der Waals surface area contributed by atoms with Crippen molar-refractivity contribution < 1.29 is 14.3 Å². The minimum atomic E-state index is -0.530. The van der Waals surface area contributed by atoms with Gasteiger partial charge in [0.2, 0.25) is 5.91 Å². The number of H-pyrrole nitrogens is 1. The number of carbonyl (C=O) groups excluding carboxylic acids is 1. The number of benzene rings is 1. The molecule has 1 amide bonds. The van der Waals surface area contributed by atoms with Crippen LogP contribution in [0.1, 0.15) is 6.42 Å². The first-order valence-corrected chi connectivity index (χ1v) is 7.42. The fraction of sp³-hybridized carbons (Fsp3) is 0.312. The summed E-state index contributed by atoms with van der Waals surface area (Å²) in [5, 5.41) is 2.70. The van der Waals surface area contributed by atoms with Gasteiger partial charge in [0.25, 0.3) is 5.56 Å². The second kappa shape index (κ2) is 8.56. The van der Waals surface area contributed by atoms with Crippen molar-refractivity contribution in [2.24, 2.45) is 0 Å². The highest BCUT2D eigenvalue weighted by atomic mass is 16.5. The topological polar surface area (TPSA) is 102 Å². The standard InChI is InChI=1S/C16H19N3O5/c1-23-12-2-4-13(5-3-12)24-11-8-17-14(20)6-9-19-10-7-15(21)18-16(19)22/h2-5,7,10H,6,8-9,11H2,1H3,(H,17,20)(H,18,21,22). The summed E-state index contributed by atoms with van der Waals surface area (Å²) in [5.41, 5.74) is -0.991. The van der Waals surface area contributed by atoms with Crippen molar-refractivity contribution >= 4 is 5.91 Å². The van der Waals surface area contributed by atoms with Crippen molar-refractivity contribution in [2.75, 3.05) is 20.3 Å². The zero-order chi connectivity index (χ0) is 17.4. The van der Waals surface area contributed by atoms with Crippen LogP contribution in [0, 0.1) is 0 Å². The van der Waals surface area contributed by atoms with E-state index < -0.39 is 11.2 Å². The summed E-state index contributed by atoms with van der Waals surface area (Å²) in [6.45, 7) is 0.878. The number of aromatic nitrogens is 2. The average Bonchev–Trinajstić information content (AvgIpc) is 2.58. The van der Waals surface area contributed by atoms with Crippen LogP contribution in [0.5, 0.6) is 11.5 Å². The lowest BCUT2D eigenvalue weighted by Gasteiger charge is -2.09. The molecule has 8 nitrogen and oxygen atoms in total. The summed E-state index contributed by atoms with van der Waals surface area (Å²) in [5.74, 6) is 1.23. The molecule has 8 heteroatoms. The maximum atomic E-state index is 11.7. The van der Waals surface area contributed by atoms with E-state index in [1.54, 1.807) is 31.4 Å². The van der Waals surface area contributed by atoms with E-state index in [4.69, 9.17) is 9.47 Å². The molecule has 2 rings (SSSR count). The third kappa shape index (κ3) is 5.31. The quantitative estimate of drug-likeness (QED) is 0.669. The van der Waals surface area contributed by atoms with Crippen LogP contribution in [0.3, 0.4) is 0 Å². The van der Waals surface area contributed by atoms with Crippen LogP contribution < -0.4 is 26.0 Å². The second-order valence-electron chi connectivity index (χ2n) is 4.93. The van der Waals surface area contributed by atoms with Gasteiger partial charge in [0, 0.05) is 25.2 Å². The van der Waals surface area contributed by atoms with Crippen molar-refractivity contribution in [2.45, 2.75) is 13.0 Å². The van der Waals surface area contributed by atoms with E-state index in [9.17, 15) is 14.4 Å². The molecule has 0 fully saturated rings. The predicted molar refractivity (Wildman–Crippen MR) is 87.4 cm³/mol. The van der Waals surface area contributed by atoms with Crippen molar-refractivity contribution in [3.05, 3.63) is 57.4 Å². The second-order valence-corrected chi connectivity index (χ2v) is 4.93. The van der Waals surface area contributed by atoms with Crippen LogP contribution in [0.25, 0.3) is 0 Å². The Hall–Kier alpha value is -3.03. The van der Waals surface area contributed by atoms with E-state index in [-0.39, 0.29) is 18.9 Å². The molecule has 0 aliphatic rings. The number of aryl methyl sites for hydroxylation is 1. The first-order valence-electron chi connectivity index (χ1n) is 7.42. The molecule has 0 atom stereocenters. The number of rotatable bonds is 8. The Morgan fingerprint density at radius 1 is 1.17 bits per heavy atom. The van der Waals surface area contributed by atoms with Gasteiger partial charge < -0.3 is 19.4 Å². The number of nitrogens with one attached hydrogen (secondary N) is 2. The molecule has 0 aliphatic heterocycles. The normalized spacial score (nSPS) is 10.2. The lowest BCUT2D eigenvalue weighted by molar-refractivity contribution is -0.121. The van der Waals surface area contributed by atoms with Crippen molar-refractivity contribution in [3.63, 3.8) is 0 Å². The number of ether oxygens (including phenoxy) is 2. The van der Waals surface area contributed by atoms with Gasteiger partial charge in [-0.2, -0.15) is 0 Å². The third-order valence-electron chi connectivity index (χ3n) is 3.23. The summed E-state index contributed by atoms with van der Waals surface area (Å²) >= 11 is 0. The maximum Gasteiger partial charge on any atom is 0.328 e. The van der Waals surface area contributed by atoms with Gasteiger partial charge >= 0.3 is 5.69 Å². The Balaban J connectivity index is 1.67. The predicted octanol–water partition coefficient (Wildman–Crippen LogP) is 0.131. The zero-order valence-electron chi connectivity index (χ0n) is 13.3. The molecule has 0 saturated carbocycles. The highest BCUT2D eigenvalue weighted by Gasteiger charge is 2.03. The number of carbonyl (C=O) groups is 1. The third-order valence-corrected chi connectivity index (χ3v) is 3.23. The fourth-order valence-corrected chi connectivity index (χ4v) is 1.96. The van der Waals surface area contributed by atoms with E-state index in [0.29, 0.717) is 18.9 Å². The van der Waals surface area contributed by atoms with Gasteiger partial charge in [-0.15, -0.1) is 0 Å². The molecule has 128 valence electrons. The number of hydrogen-bond donors (Lipinski definition) is 2. The average molecular weight is 333 g/mol. The van der Waals surface area contributed by atoms with Crippen LogP contribution in [0.2, 0.25) is 0 Å². The van der Waals surface area contributed by atoms with Gasteiger partial charge in [-0.05, 0) is 24.3 Å². The zero-order valence-corrected chi connectivity index (χ0v) is 13.3. The number of hydrogen-bond acceptors (Lipinski definition) is 5. The molecule has 1 aromatic heterocycles. The minimum Gasteiger partial charge on any atom is -0.497 e. The Morgan fingerprint density at radius 2 is 1.88 bits per heavy atom. The monoisotopic (exact) mass is 333 g/mol. The molecule has 0 aliphatic carbocycles. The molecule has 2 aromatic rings.